The summed E-state index contributed by atoms with van der Waals surface area (Å²) in [5.74, 6) is 0.920. The fourth-order valence-electron chi connectivity index (χ4n) is 2.42. The van der Waals surface area contributed by atoms with Crippen LogP contribution in [0.5, 0.6) is 11.6 Å². The quantitative estimate of drug-likeness (QED) is 0.545. The summed E-state index contributed by atoms with van der Waals surface area (Å²) >= 11 is 6.00. The number of nitrogens with zero attached hydrogens (tertiary/aromatic N) is 1. The third kappa shape index (κ3) is 5.94. The van der Waals surface area contributed by atoms with E-state index in [1.165, 1.54) is 6.07 Å². The summed E-state index contributed by atoms with van der Waals surface area (Å²) in [4.78, 5) is 4.10. The molecule has 6 heteroatoms. The van der Waals surface area contributed by atoms with Crippen molar-refractivity contribution in [2.75, 3.05) is 13.2 Å². The van der Waals surface area contributed by atoms with Crippen LogP contribution in [0.15, 0.2) is 66.9 Å². The molecule has 0 fully saturated rings. The highest BCUT2D eigenvalue weighted by atomic mass is 35.5. The monoisotopic (exact) mass is 386 g/mol. The molecule has 3 rings (SSSR count). The number of rotatable bonds is 9. The second kappa shape index (κ2) is 9.90. The third-order valence-electron chi connectivity index (χ3n) is 3.86. The van der Waals surface area contributed by atoms with E-state index in [0.29, 0.717) is 41.9 Å². The van der Waals surface area contributed by atoms with Crippen LogP contribution in [0.25, 0.3) is 0 Å². The van der Waals surface area contributed by atoms with E-state index in [-0.39, 0.29) is 12.4 Å². The van der Waals surface area contributed by atoms with Crippen molar-refractivity contribution in [1.29, 1.82) is 0 Å². The number of pyridine rings is 1. The van der Waals surface area contributed by atoms with Crippen molar-refractivity contribution in [2.24, 2.45) is 0 Å². The largest absolute Gasteiger partial charge is 0.489 e. The SMILES string of the molecule is Fc1cccc(Cl)c1COc1ccc(CNCCOc2ccccn2)cc1. The van der Waals surface area contributed by atoms with E-state index < -0.39 is 0 Å². The zero-order chi connectivity index (χ0) is 18.9. The van der Waals surface area contributed by atoms with E-state index >= 15 is 0 Å². The van der Waals surface area contributed by atoms with Gasteiger partial charge in [0.2, 0.25) is 5.88 Å². The number of benzene rings is 2. The molecule has 1 N–H and O–H groups in total. The minimum atomic E-state index is -0.365. The molecule has 27 heavy (non-hydrogen) atoms. The molecular formula is C21H20ClFN2O2. The van der Waals surface area contributed by atoms with Crippen molar-refractivity contribution in [3.8, 4) is 11.6 Å². The molecule has 0 atom stereocenters. The van der Waals surface area contributed by atoms with E-state index in [1.54, 1.807) is 18.3 Å². The van der Waals surface area contributed by atoms with Crippen LogP contribution in [0.4, 0.5) is 4.39 Å². The van der Waals surface area contributed by atoms with Crippen molar-refractivity contribution >= 4 is 11.6 Å². The van der Waals surface area contributed by atoms with Gasteiger partial charge in [-0.2, -0.15) is 0 Å². The normalized spacial score (nSPS) is 10.6. The van der Waals surface area contributed by atoms with Gasteiger partial charge in [0.15, 0.2) is 0 Å². The number of halogens is 2. The van der Waals surface area contributed by atoms with E-state index in [0.717, 1.165) is 5.56 Å². The van der Waals surface area contributed by atoms with Gasteiger partial charge in [0.05, 0.1) is 5.02 Å². The van der Waals surface area contributed by atoms with Crippen LogP contribution in [-0.4, -0.2) is 18.1 Å². The minimum Gasteiger partial charge on any atom is -0.489 e. The second-order valence-corrected chi connectivity index (χ2v) is 6.23. The summed E-state index contributed by atoms with van der Waals surface area (Å²) in [7, 11) is 0. The first-order valence-corrected chi connectivity index (χ1v) is 8.99. The highest BCUT2D eigenvalue weighted by molar-refractivity contribution is 6.31. The van der Waals surface area contributed by atoms with Gasteiger partial charge in [-0.25, -0.2) is 9.37 Å². The lowest BCUT2D eigenvalue weighted by Gasteiger charge is -2.10. The zero-order valence-electron chi connectivity index (χ0n) is 14.7. The summed E-state index contributed by atoms with van der Waals surface area (Å²) in [6.45, 7) is 2.06. The molecule has 0 aliphatic heterocycles. The standard InChI is InChI=1S/C21H20ClFN2O2/c22-19-4-3-5-20(23)18(19)15-27-17-9-7-16(8-10-17)14-24-12-13-26-21-6-1-2-11-25-21/h1-11,24H,12-15H2. The zero-order valence-corrected chi connectivity index (χ0v) is 15.5. The maximum atomic E-state index is 13.7. The van der Waals surface area contributed by atoms with E-state index in [4.69, 9.17) is 21.1 Å². The molecule has 0 aliphatic carbocycles. The Hall–Kier alpha value is -2.63. The average Bonchev–Trinajstić information content (AvgIpc) is 2.69. The van der Waals surface area contributed by atoms with Crippen molar-refractivity contribution < 1.29 is 13.9 Å². The minimum absolute atomic E-state index is 0.0912. The molecule has 0 radical (unpaired) electrons. The second-order valence-electron chi connectivity index (χ2n) is 5.83. The molecular weight excluding hydrogens is 367 g/mol. The maximum absolute atomic E-state index is 13.7. The van der Waals surface area contributed by atoms with Gasteiger partial charge < -0.3 is 14.8 Å². The Morgan fingerprint density at radius 1 is 0.963 bits per heavy atom. The molecule has 0 saturated carbocycles. The maximum Gasteiger partial charge on any atom is 0.213 e. The molecule has 0 saturated heterocycles. The molecule has 140 valence electrons. The molecule has 0 bridgehead atoms. The van der Waals surface area contributed by atoms with Gasteiger partial charge in [0.1, 0.15) is 24.8 Å². The molecule has 1 heterocycles. The number of hydrogen-bond acceptors (Lipinski definition) is 4. The van der Waals surface area contributed by atoms with Crippen LogP contribution in [0, 0.1) is 5.82 Å². The highest BCUT2D eigenvalue weighted by Gasteiger charge is 2.07. The molecule has 0 aliphatic rings. The fraction of sp³-hybridized carbons (Fsp3) is 0.190. The molecule has 0 spiro atoms. The number of hydrogen-bond donors (Lipinski definition) is 1. The van der Waals surface area contributed by atoms with Crippen LogP contribution in [0.2, 0.25) is 5.02 Å². The van der Waals surface area contributed by atoms with Crippen LogP contribution in [0.1, 0.15) is 11.1 Å². The van der Waals surface area contributed by atoms with E-state index in [2.05, 4.69) is 10.3 Å². The van der Waals surface area contributed by atoms with Gasteiger partial charge in [-0.05, 0) is 35.9 Å². The third-order valence-corrected chi connectivity index (χ3v) is 4.22. The summed E-state index contributed by atoms with van der Waals surface area (Å²) in [5, 5.41) is 3.67. The highest BCUT2D eigenvalue weighted by Crippen LogP contribution is 2.21. The Balaban J connectivity index is 1.39. The fourth-order valence-corrected chi connectivity index (χ4v) is 2.64. The lowest BCUT2D eigenvalue weighted by atomic mass is 10.2. The Kier molecular flexibility index (Phi) is 7.02. The van der Waals surface area contributed by atoms with Crippen LogP contribution in [0.3, 0.4) is 0 Å². The number of ether oxygens (including phenoxy) is 2. The summed E-state index contributed by atoms with van der Waals surface area (Å²) in [5.41, 5.74) is 1.47. The topological polar surface area (TPSA) is 43.4 Å². The lowest BCUT2D eigenvalue weighted by molar-refractivity contribution is 0.299. The Labute approximate surface area is 162 Å². The van der Waals surface area contributed by atoms with Gasteiger partial charge in [-0.1, -0.05) is 35.9 Å². The Morgan fingerprint density at radius 2 is 1.81 bits per heavy atom. The molecule has 3 aromatic rings. The number of nitrogens with one attached hydrogen (secondary N) is 1. The molecule has 1 aromatic heterocycles. The van der Waals surface area contributed by atoms with Gasteiger partial charge in [-0.3, -0.25) is 0 Å². The van der Waals surface area contributed by atoms with Gasteiger partial charge in [0, 0.05) is 30.9 Å². The van der Waals surface area contributed by atoms with Gasteiger partial charge in [-0.15, -0.1) is 0 Å². The average molecular weight is 387 g/mol. The summed E-state index contributed by atoms with van der Waals surface area (Å²) in [6.07, 6.45) is 1.70. The van der Waals surface area contributed by atoms with Crippen LogP contribution in [-0.2, 0) is 13.2 Å². The summed E-state index contributed by atoms with van der Waals surface area (Å²) in [6, 6.07) is 17.8. The Morgan fingerprint density at radius 3 is 2.56 bits per heavy atom. The Bertz CT molecular complexity index is 824. The first-order chi connectivity index (χ1) is 13.2. The molecule has 0 amide bonds. The summed E-state index contributed by atoms with van der Waals surface area (Å²) < 4.78 is 24.9. The van der Waals surface area contributed by atoms with Crippen molar-refractivity contribution in [2.45, 2.75) is 13.2 Å². The van der Waals surface area contributed by atoms with Crippen LogP contribution >= 0.6 is 11.6 Å². The van der Waals surface area contributed by atoms with Gasteiger partial charge >= 0.3 is 0 Å². The van der Waals surface area contributed by atoms with Crippen LogP contribution < -0.4 is 14.8 Å². The van der Waals surface area contributed by atoms with Gasteiger partial charge in [0.25, 0.3) is 0 Å². The molecule has 0 unspecified atom stereocenters. The van der Waals surface area contributed by atoms with Crippen molar-refractivity contribution in [3.63, 3.8) is 0 Å². The first-order valence-electron chi connectivity index (χ1n) is 8.61. The number of aromatic nitrogens is 1. The van der Waals surface area contributed by atoms with Crippen molar-refractivity contribution in [3.05, 3.63) is 88.8 Å². The predicted molar refractivity (Wildman–Crippen MR) is 104 cm³/mol. The molecule has 2 aromatic carbocycles. The van der Waals surface area contributed by atoms with Crippen molar-refractivity contribution in [1.82, 2.24) is 10.3 Å². The predicted octanol–water partition coefficient (Wildman–Crippen LogP) is 4.62. The lowest BCUT2D eigenvalue weighted by Crippen LogP contribution is -2.20. The first kappa shape index (κ1) is 19.1. The van der Waals surface area contributed by atoms with E-state index in [1.807, 2.05) is 42.5 Å². The smallest absolute Gasteiger partial charge is 0.213 e. The molecule has 4 nitrogen and oxygen atoms in total. The van der Waals surface area contributed by atoms with E-state index in [9.17, 15) is 4.39 Å².